The SMILES string of the molecule is NCC(NCCCO)(C1CCCCC1)C1CCCCC1. The Bertz CT molecular complexity index is 240. The molecule has 0 unspecified atom stereocenters. The van der Waals surface area contributed by atoms with E-state index in [-0.39, 0.29) is 12.1 Å². The summed E-state index contributed by atoms with van der Waals surface area (Å²) in [5.74, 6) is 1.51. The Morgan fingerprint density at radius 1 is 0.900 bits per heavy atom. The molecule has 2 fully saturated rings. The van der Waals surface area contributed by atoms with Crippen molar-refractivity contribution in [2.24, 2.45) is 17.6 Å². The van der Waals surface area contributed by atoms with Gasteiger partial charge in [0.15, 0.2) is 0 Å². The quantitative estimate of drug-likeness (QED) is 0.629. The van der Waals surface area contributed by atoms with E-state index in [1.54, 1.807) is 0 Å². The molecular weight excluding hydrogens is 248 g/mol. The molecule has 0 radical (unpaired) electrons. The molecule has 2 aliphatic carbocycles. The number of hydrogen-bond acceptors (Lipinski definition) is 3. The second-order valence-electron chi connectivity index (χ2n) is 6.92. The minimum Gasteiger partial charge on any atom is -0.396 e. The lowest BCUT2D eigenvalue weighted by atomic mass is 9.64. The summed E-state index contributed by atoms with van der Waals surface area (Å²) in [5, 5.41) is 12.9. The molecular formula is C17H34N2O. The summed E-state index contributed by atoms with van der Waals surface area (Å²) in [5.41, 5.74) is 6.48. The molecule has 2 rings (SSSR count). The van der Waals surface area contributed by atoms with Crippen LogP contribution in [0.25, 0.3) is 0 Å². The van der Waals surface area contributed by atoms with Gasteiger partial charge >= 0.3 is 0 Å². The monoisotopic (exact) mass is 282 g/mol. The van der Waals surface area contributed by atoms with Crippen LogP contribution in [0.15, 0.2) is 0 Å². The summed E-state index contributed by atoms with van der Waals surface area (Å²) in [6, 6.07) is 0. The Balaban J connectivity index is 2.09. The van der Waals surface area contributed by atoms with Gasteiger partial charge in [-0.25, -0.2) is 0 Å². The van der Waals surface area contributed by atoms with E-state index in [9.17, 15) is 0 Å². The average Bonchev–Trinajstić information content (AvgIpc) is 2.54. The highest BCUT2D eigenvalue weighted by Gasteiger charge is 2.44. The van der Waals surface area contributed by atoms with Crippen LogP contribution in [0.5, 0.6) is 0 Å². The zero-order valence-corrected chi connectivity index (χ0v) is 13.1. The van der Waals surface area contributed by atoms with Crippen LogP contribution in [0.4, 0.5) is 0 Å². The minimum atomic E-state index is 0.149. The van der Waals surface area contributed by atoms with Crippen LogP contribution < -0.4 is 11.1 Å². The zero-order chi connectivity index (χ0) is 14.3. The van der Waals surface area contributed by atoms with E-state index in [0.29, 0.717) is 0 Å². The normalized spacial score (nSPS) is 23.1. The lowest BCUT2D eigenvalue weighted by Crippen LogP contribution is -2.62. The van der Waals surface area contributed by atoms with Crippen LogP contribution >= 0.6 is 0 Å². The van der Waals surface area contributed by atoms with E-state index in [0.717, 1.165) is 31.3 Å². The Morgan fingerprint density at radius 3 is 1.80 bits per heavy atom. The van der Waals surface area contributed by atoms with Gasteiger partial charge in [-0.2, -0.15) is 0 Å². The number of rotatable bonds is 7. The molecule has 3 nitrogen and oxygen atoms in total. The molecule has 0 aromatic heterocycles. The van der Waals surface area contributed by atoms with Crippen molar-refractivity contribution < 1.29 is 5.11 Å². The average molecular weight is 282 g/mol. The molecule has 0 bridgehead atoms. The smallest absolute Gasteiger partial charge is 0.0443 e. The summed E-state index contributed by atoms with van der Waals surface area (Å²) in [6.07, 6.45) is 14.5. The van der Waals surface area contributed by atoms with Crippen LogP contribution in [0.1, 0.15) is 70.6 Å². The van der Waals surface area contributed by atoms with Gasteiger partial charge in [-0.15, -0.1) is 0 Å². The molecule has 118 valence electrons. The fraction of sp³-hybridized carbons (Fsp3) is 1.00. The maximum absolute atomic E-state index is 9.09. The van der Waals surface area contributed by atoms with Crippen LogP contribution in [0, 0.1) is 11.8 Å². The molecule has 3 heteroatoms. The summed E-state index contributed by atoms with van der Waals surface area (Å²) >= 11 is 0. The third-order valence-electron chi connectivity index (χ3n) is 5.79. The van der Waals surface area contributed by atoms with Gasteiger partial charge in [0.2, 0.25) is 0 Å². The molecule has 4 N–H and O–H groups in total. The van der Waals surface area contributed by atoms with Gasteiger partial charge in [-0.05, 0) is 50.5 Å². The van der Waals surface area contributed by atoms with Crippen molar-refractivity contribution in [2.75, 3.05) is 19.7 Å². The van der Waals surface area contributed by atoms with E-state index in [1.807, 2.05) is 0 Å². The van der Waals surface area contributed by atoms with Crippen molar-refractivity contribution in [1.82, 2.24) is 5.32 Å². The van der Waals surface area contributed by atoms with Gasteiger partial charge in [0.05, 0.1) is 0 Å². The van der Waals surface area contributed by atoms with Gasteiger partial charge < -0.3 is 16.2 Å². The number of nitrogens with one attached hydrogen (secondary N) is 1. The molecule has 0 heterocycles. The van der Waals surface area contributed by atoms with Crippen LogP contribution in [0.2, 0.25) is 0 Å². The predicted molar refractivity (Wildman–Crippen MR) is 84.6 cm³/mol. The largest absolute Gasteiger partial charge is 0.396 e. The summed E-state index contributed by atoms with van der Waals surface area (Å²) < 4.78 is 0. The first kappa shape index (κ1) is 16.3. The molecule has 0 aliphatic heterocycles. The number of nitrogens with two attached hydrogens (primary N) is 1. The zero-order valence-electron chi connectivity index (χ0n) is 13.1. The van der Waals surface area contributed by atoms with Crippen molar-refractivity contribution in [3.05, 3.63) is 0 Å². The van der Waals surface area contributed by atoms with Gasteiger partial charge in [0, 0.05) is 18.7 Å². The number of aliphatic hydroxyl groups is 1. The first-order chi connectivity index (χ1) is 9.83. The summed E-state index contributed by atoms with van der Waals surface area (Å²) in [6.45, 7) is 1.97. The Labute approximate surface area is 124 Å². The molecule has 0 amide bonds. The second kappa shape index (κ2) is 8.35. The van der Waals surface area contributed by atoms with Crippen molar-refractivity contribution in [3.8, 4) is 0 Å². The van der Waals surface area contributed by atoms with E-state index in [1.165, 1.54) is 64.2 Å². The number of hydrogen-bond donors (Lipinski definition) is 3. The molecule has 20 heavy (non-hydrogen) atoms. The fourth-order valence-electron chi connectivity index (χ4n) is 4.66. The first-order valence-corrected chi connectivity index (χ1v) is 8.89. The lowest BCUT2D eigenvalue weighted by molar-refractivity contribution is 0.0735. The number of aliphatic hydroxyl groups excluding tert-OH is 1. The standard InChI is InChI=1S/C17H34N2O/c18-14-17(19-12-7-13-20,15-8-3-1-4-9-15)16-10-5-2-6-11-16/h15-16,19-20H,1-14,18H2. The van der Waals surface area contributed by atoms with E-state index >= 15 is 0 Å². The van der Waals surface area contributed by atoms with Gasteiger partial charge in [-0.1, -0.05) is 38.5 Å². The summed E-state index contributed by atoms with van der Waals surface area (Å²) in [7, 11) is 0. The molecule has 2 aliphatic rings. The van der Waals surface area contributed by atoms with Gasteiger partial charge in [-0.3, -0.25) is 0 Å². The third-order valence-corrected chi connectivity index (χ3v) is 5.79. The Kier molecular flexibility index (Phi) is 6.79. The molecule has 0 aromatic carbocycles. The molecule has 2 saturated carbocycles. The topological polar surface area (TPSA) is 58.3 Å². The Morgan fingerprint density at radius 2 is 1.40 bits per heavy atom. The van der Waals surface area contributed by atoms with Crippen molar-refractivity contribution in [3.63, 3.8) is 0 Å². The highest BCUT2D eigenvalue weighted by molar-refractivity contribution is 5.02. The van der Waals surface area contributed by atoms with Crippen molar-refractivity contribution in [1.29, 1.82) is 0 Å². The second-order valence-corrected chi connectivity index (χ2v) is 6.92. The third kappa shape index (κ3) is 3.75. The van der Waals surface area contributed by atoms with Crippen LogP contribution in [-0.2, 0) is 0 Å². The maximum atomic E-state index is 9.09. The summed E-state index contributed by atoms with van der Waals surface area (Å²) in [4.78, 5) is 0. The lowest BCUT2D eigenvalue weighted by Gasteiger charge is -2.49. The fourth-order valence-corrected chi connectivity index (χ4v) is 4.66. The van der Waals surface area contributed by atoms with Crippen molar-refractivity contribution >= 4 is 0 Å². The van der Waals surface area contributed by atoms with E-state index in [2.05, 4.69) is 5.32 Å². The molecule has 0 atom stereocenters. The first-order valence-electron chi connectivity index (χ1n) is 8.89. The molecule has 0 aromatic rings. The van der Waals surface area contributed by atoms with E-state index < -0.39 is 0 Å². The van der Waals surface area contributed by atoms with E-state index in [4.69, 9.17) is 10.8 Å². The predicted octanol–water partition coefficient (Wildman–Crippen LogP) is 2.82. The van der Waals surface area contributed by atoms with Crippen LogP contribution in [0.3, 0.4) is 0 Å². The van der Waals surface area contributed by atoms with Crippen LogP contribution in [-0.4, -0.2) is 30.3 Å². The maximum Gasteiger partial charge on any atom is 0.0443 e. The highest BCUT2D eigenvalue weighted by atomic mass is 16.3. The minimum absolute atomic E-state index is 0.149. The van der Waals surface area contributed by atoms with Crippen molar-refractivity contribution in [2.45, 2.75) is 76.2 Å². The highest BCUT2D eigenvalue weighted by Crippen LogP contribution is 2.42. The van der Waals surface area contributed by atoms with Gasteiger partial charge in [0.25, 0.3) is 0 Å². The van der Waals surface area contributed by atoms with Gasteiger partial charge in [0.1, 0.15) is 0 Å². The Hall–Kier alpha value is -0.120. The molecule has 0 saturated heterocycles. The molecule has 0 spiro atoms.